The zero-order valence-electron chi connectivity index (χ0n) is 13.3. The number of benzene rings is 1. The third-order valence-corrected chi connectivity index (χ3v) is 4.67. The van der Waals surface area contributed by atoms with Crippen molar-refractivity contribution < 1.29 is 4.79 Å². The number of thioether (sulfide) groups is 1. The number of nitrogens with one attached hydrogen (secondary N) is 1. The van der Waals surface area contributed by atoms with Crippen molar-refractivity contribution in [3.8, 4) is 0 Å². The second-order valence-corrected chi connectivity index (χ2v) is 6.29. The maximum absolute atomic E-state index is 12.3. The van der Waals surface area contributed by atoms with Crippen molar-refractivity contribution in [2.24, 2.45) is 7.05 Å². The average molecular weight is 338 g/mol. The van der Waals surface area contributed by atoms with Crippen LogP contribution in [0.5, 0.6) is 0 Å². The minimum atomic E-state index is -0.0735. The van der Waals surface area contributed by atoms with Crippen LogP contribution in [0.2, 0.25) is 0 Å². The minimum absolute atomic E-state index is 0.0735. The van der Waals surface area contributed by atoms with Crippen LogP contribution in [-0.4, -0.2) is 20.4 Å². The molecule has 2 aromatic heterocycles. The number of nitrogens with zero attached hydrogens (tertiary/aromatic N) is 3. The maximum Gasteiger partial charge on any atom is 0.251 e. The number of pyridine rings is 1. The van der Waals surface area contributed by atoms with Crippen LogP contribution in [0.15, 0.2) is 66.3 Å². The summed E-state index contributed by atoms with van der Waals surface area (Å²) in [5.41, 5.74) is 2.79. The number of aromatic nitrogens is 3. The summed E-state index contributed by atoms with van der Waals surface area (Å²) in [4.78, 5) is 20.6. The number of hydrogen-bond acceptors (Lipinski definition) is 4. The molecule has 6 heteroatoms. The first-order valence-electron chi connectivity index (χ1n) is 7.58. The second-order valence-electron chi connectivity index (χ2n) is 5.35. The molecule has 2 heterocycles. The topological polar surface area (TPSA) is 59.8 Å². The number of carbonyl (C=O) groups is 1. The van der Waals surface area contributed by atoms with Crippen LogP contribution in [0, 0.1) is 0 Å². The van der Waals surface area contributed by atoms with Gasteiger partial charge in [-0.1, -0.05) is 23.9 Å². The number of imidazole rings is 1. The van der Waals surface area contributed by atoms with Gasteiger partial charge in [-0.15, -0.1) is 0 Å². The minimum Gasteiger partial charge on any atom is -0.348 e. The van der Waals surface area contributed by atoms with Crippen molar-refractivity contribution in [1.29, 1.82) is 0 Å². The summed E-state index contributed by atoms with van der Waals surface area (Å²) in [7, 11) is 1.97. The predicted octanol–water partition coefficient (Wildman–Crippen LogP) is 3.04. The molecular weight excluding hydrogens is 320 g/mol. The van der Waals surface area contributed by atoms with Crippen LogP contribution in [0.4, 0.5) is 0 Å². The molecule has 0 fully saturated rings. The summed E-state index contributed by atoms with van der Waals surface area (Å²) < 4.78 is 1.98. The first-order valence-corrected chi connectivity index (χ1v) is 8.57. The second kappa shape index (κ2) is 7.79. The van der Waals surface area contributed by atoms with E-state index in [2.05, 4.69) is 15.3 Å². The van der Waals surface area contributed by atoms with Gasteiger partial charge < -0.3 is 9.88 Å². The Hall–Kier alpha value is -2.60. The van der Waals surface area contributed by atoms with Gasteiger partial charge in [-0.3, -0.25) is 9.78 Å². The molecule has 1 aromatic carbocycles. The van der Waals surface area contributed by atoms with Crippen LogP contribution >= 0.6 is 11.8 Å². The number of hydrogen-bond donors (Lipinski definition) is 1. The Balaban J connectivity index is 1.60. The van der Waals surface area contributed by atoms with Crippen molar-refractivity contribution in [3.05, 3.63) is 77.9 Å². The van der Waals surface area contributed by atoms with Gasteiger partial charge in [-0.05, 0) is 35.4 Å². The third kappa shape index (κ3) is 4.23. The molecular formula is C18H18N4OS. The fraction of sp³-hybridized carbons (Fsp3) is 0.167. The average Bonchev–Trinajstić information content (AvgIpc) is 3.04. The van der Waals surface area contributed by atoms with Crippen molar-refractivity contribution in [1.82, 2.24) is 19.9 Å². The quantitative estimate of drug-likeness (QED) is 0.702. The van der Waals surface area contributed by atoms with E-state index in [1.165, 1.54) is 0 Å². The molecule has 0 bridgehead atoms. The molecule has 3 rings (SSSR count). The highest BCUT2D eigenvalue weighted by Crippen LogP contribution is 2.21. The SMILES string of the molecule is Cn1ccnc1SCc1cccc(C(=O)NCc2ccncc2)c1. The normalized spacial score (nSPS) is 10.5. The summed E-state index contributed by atoms with van der Waals surface area (Å²) in [6.07, 6.45) is 7.14. The number of rotatable bonds is 6. The van der Waals surface area contributed by atoms with Crippen LogP contribution in [0.1, 0.15) is 21.5 Å². The largest absolute Gasteiger partial charge is 0.348 e. The first kappa shape index (κ1) is 16.3. The molecule has 0 atom stereocenters. The van der Waals surface area contributed by atoms with Gasteiger partial charge in [-0.25, -0.2) is 4.98 Å². The van der Waals surface area contributed by atoms with Gasteiger partial charge in [0.1, 0.15) is 0 Å². The summed E-state index contributed by atoms with van der Waals surface area (Å²) in [6, 6.07) is 11.5. The monoisotopic (exact) mass is 338 g/mol. The molecule has 0 saturated carbocycles. The van der Waals surface area contributed by atoms with Gasteiger partial charge in [0.2, 0.25) is 0 Å². The van der Waals surface area contributed by atoms with E-state index in [1.54, 1.807) is 30.4 Å². The van der Waals surface area contributed by atoms with Gasteiger partial charge >= 0.3 is 0 Å². The van der Waals surface area contributed by atoms with Gasteiger partial charge in [-0.2, -0.15) is 0 Å². The molecule has 1 N–H and O–H groups in total. The Morgan fingerprint density at radius 2 is 2.00 bits per heavy atom. The summed E-state index contributed by atoms with van der Waals surface area (Å²) in [6.45, 7) is 0.494. The van der Waals surface area contributed by atoms with E-state index in [0.29, 0.717) is 12.1 Å². The van der Waals surface area contributed by atoms with E-state index < -0.39 is 0 Å². The Morgan fingerprint density at radius 3 is 2.75 bits per heavy atom. The Kier molecular flexibility index (Phi) is 5.28. The molecule has 0 saturated heterocycles. The number of aryl methyl sites for hydroxylation is 1. The molecule has 0 radical (unpaired) electrons. The smallest absolute Gasteiger partial charge is 0.251 e. The number of amides is 1. The molecule has 0 aliphatic carbocycles. The molecule has 0 spiro atoms. The van der Waals surface area contributed by atoms with Crippen molar-refractivity contribution in [2.45, 2.75) is 17.5 Å². The molecule has 5 nitrogen and oxygen atoms in total. The molecule has 24 heavy (non-hydrogen) atoms. The Morgan fingerprint density at radius 1 is 1.17 bits per heavy atom. The summed E-state index contributed by atoms with van der Waals surface area (Å²) >= 11 is 1.65. The third-order valence-electron chi connectivity index (χ3n) is 3.54. The van der Waals surface area contributed by atoms with E-state index in [4.69, 9.17) is 0 Å². The standard InChI is InChI=1S/C18H18N4OS/c1-22-10-9-20-18(22)24-13-15-3-2-4-16(11-15)17(23)21-12-14-5-7-19-8-6-14/h2-11H,12-13H2,1H3,(H,21,23). The van der Waals surface area contributed by atoms with E-state index in [9.17, 15) is 4.79 Å². The van der Waals surface area contributed by atoms with Crippen molar-refractivity contribution in [3.63, 3.8) is 0 Å². The van der Waals surface area contributed by atoms with E-state index in [0.717, 1.165) is 22.0 Å². The van der Waals surface area contributed by atoms with Crippen LogP contribution in [0.3, 0.4) is 0 Å². The lowest BCUT2D eigenvalue weighted by Gasteiger charge is -2.07. The van der Waals surface area contributed by atoms with Crippen molar-refractivity contribution in [2.75, 3.05) is 0 Å². The lowest BCUT2D eigenvalue weighted by molar-refractivity contribution is 0.0951. The summed E-state index contributed by atoms with van der Waals surface area (Å²) in [5, 5.41) is 3.89. The molecule has 0 aliphatic rings. The zero-order valence-corrected chi connectivity index (χ0v) is 14.2. The highest BCUT2D eigenvalue weighted by Gasteiger charge is 2.07. The number of carbonyl (C=O) groups excluding carboxylic acids is 1. The molecule has 0 unspecified atom stereocenters. The van der Waals surface area contributed by atoms with Crippen LogP contribution in [0.25, 0.3) is 0 Å². The Labute approximate surface area is 145 Å². The van der Waals surface area contributed by atoms with E-state index >= 15 is 0 Å². The van der Waals surface area contributed by atoms with Gasteiger partial charge in [0, 0.05) is 49.7 Å². The molecule has 0 aliphatic heterocycles. The highest BCUT2D eigenvalue weighted by molar-refractivity contribution is 7.98. The summed E-state index contributed by atoms with van der Waals surface area (Å²) in [5.74, 6) is 0.701. The van der Waals surface area contributed by atoms with Gasteiger partial charge in [0.15, 0.2) is 5.16 Å². The fourth-order valence-corrected chi connectivity index (χ4v) is 3.10. The van der Waals surface area contributed by atoms with Crippen molar-refractivity contribution >= 4 is 17.7 Å². The molecule has 1 amide bonds. The van der Waals surface area contributed by atoms with Crippen LogP contribution in [-0.2, 0) is 19.3 Å². The van der Waals surface area contributed by atoms with Crippen LogP contribution < -0.4 is 5.32 Å². The molecule has 122 valence electrons. The molecule has 3 aromatic rings. The highest BCUT2D eigenvalue weighted by atomic mass is 32.2. The first-order chi connectivity index (χ1) is 11.7. The zero-order chi connectivity index (χ0) is 16.8. The lowest BCUT2D eigenvalue weighted by atomic mass is 10.1. The lowest BCUT2D eigenvalue weighted by Crippen LogP contribution is -2.22. The Bertz CT molecular complexity index is 817. The predicted molar refractivity (Wildman–Crippen MR) is 94.6 cm³/mol. The maximum atomic E-state index is 12.3. The van der Waals surface area contributed by atoms with Gasteiger partial charge in [0.25, 0.3) is 5.91 Å². The van der Waals surface area contributed by atoms with E-state index in [-0.39, 0.29) is 5.91 Å². The van der Waals surface area contributed by atoms with Gasteiger partial charge in [0.05, 0.1) is 0 Å². The fourth-order valence-electron chi connectivity index (χ4n) is 2.23. The van der Waals surface area contributed by atoms with E-state index in [1.807, 2.05) is 54.2 Å².